The van der Waals surface area contributed by atoms with Gasteiger partial charge in [-0.15, -0.1) is 0 Å². The number of rotatable bonds is 4. The minimum atomic E-state index is -5.06. The summed E-state index contributed by atoms with van der Waals surface area (Å²) in [6, 6.07) is 8.56. The zero-order valence-electron chi connectivity index (χ0n) is 15.0. The smallest absolute Gasteiger partial charge is 0.206 e. The average molecular weight is 380 g/mol. The maximum absolute atomic E-state index is 13.8. The fourth-order valence-electron chi connectivity index (χ4n) is 3.71. The van der Waals surface area contributed by atoms with Gasteiger partial charge in [-0.3, -0.25) is 0 Å². The molecule has 2 aromatic carbocycles. The molecule has 1 aliphatic carbocycles. The molecule has 0 amide bonds. The Balaban J connectivity index is 1.82. The second kappa shape index (κ2) is 7.83. The zero-order chi connectivity index (χ0) is 19.6. The molecule has 2 aromatic rings. The lowest BCUT2D eigenvalue weighted by molar-refractivity contribution is -0.142. The van der Waals surface area contributed by atoms with Gasteiger partial charge >= 0.3 is 6.18 Å². The fraction of sp³-hybridized carbons (Fsp3) is 0.364. The van der Waals surface area contributed by atoms with Crippen LogP contribution in [0.25, 0.3) is 16.7 Å². The molecule has 0 bridgehead atoms. The van der Waals surface area contributed by atoms with Crippen LogP contribution in [0.2, 0.25) is 0 Å². The summed E-state index contributed by atoms with van der Waals surface area (Å²) in [6.45, 7) is 2.19. The lowest BCUT2D eigenvalue weighted by Crippen LogP contribution is -2.11. The normalized spacial score (nSPS) is 17.7. The van der Waals surface area contributed by atoms with Crippen molar-refractivity contribution >= 4 is 5.57 Å². The average Bonchev–Trinajstić information content (AvgIpc) is 2.61. The van der Waals surface area contributed by atoms with Crippen LogP contribution in [0.15, 0.2) is 42.5 Å². The van der Waals surface area contributed by atoms with Crippen molar-refractivity contribution in [3.63, 3.8) is 0 Å². The van der Waals surface area contributed by atoms with Gasteiger partial charge in [0, 0.05) is 0 Å². The van der Waals surface area contributed by atoms with E-state index in [2.05, 4.69) is 13.0 Å². The van der Waals surface area contributed by atoms with Crippen molar-refractivity contribution < 1.29 is 22.0 Å². The van der Waals surface area contributed by atoms with Gasteiger partial charge in [0.15, 0.2) is 0 Å². The largest absolute Gasteiger partial charge is 0.422 e. The Morgan fingerprint density at radius 3 is 2.00 bits per heavy atom. The van der Waals surface area contributed by atoms with Crippen LogP contribution in [0.5, 0.6) is 0 Å². The molecule has 3 rings (SSSR count). The summed E-state index contributed by atoms with van der Waals surface area (Å²) in [4.78, 5) is 0. The molecule has 0 aliphatic heterocycles. The van der Waals surface area contributed by atoms with Crippen LogP contribution in [-0.2, 0) is 6.18 Å². The zero-order valence-corrected chi connectivity index (χ0v) is 15.0. The second-order valence-electron chi connectivity index (χ2n) is 7.05. The Bertz CT molecular complexity index is 808. The van der Waals surface area contributed by atoms with Gasteiger partial charge in [0.05, 0.1) is 0 Å². The number of allylic oxidation sites excluding steroid dienone is 2. The van der Waals surface area contributed by atoms with Gasteiger partial charge in [-0.25, -0.2) is 8.78 Å². The molecule has 27 heavy (non-hydrogen) atoms. The first-order chi connectivity index (χ1) is 12.8. The molecule has 0 heterocycles. The van der Waals surface area contributed by atoms with Crippen molar-refractivity contribution in [3.8, 4) is 11.1 Å². The lowest BCUT2D eigenvalue weighted by Gasteiger charge is -2.21. The molecular formula is C22H21F5. The number of hydrogen-bond donors (Lipinski definition) is 0. The lowest BCUT2D eigenvalue weighted by atomic mass is 9.84. The maximum Gasteiger partial charge on any atom is 0.422 e. The molecule has 0 fully saturated rings. The van der Waals surface area contributed by atoms with Crippen molar-refractivity contribution in [2.24, 2.45) is 5.92 Å². The van der Waals surface area contributed by atoms with Crippen LogP contribution in [0.1, 0.15) is 50.2 Å². The first-order valence-electron chi connectivity index (χ1n) is 9.15. The van der Waals surface area contributed by atoms with Gasteiger partial charge in [-0.05, 0) is 59.6 Å². The van der Waals surface area contributed by atoms with Gasteiger partial charge in [-0.1, -0.05) is 50.1 Å². The Hall–Kier alpha value is -2.17. The molecule has 0 spiro atoms. The maximum atomic E-state index is 13.8. The summed E-state index contributed by atoms with van der Waals surface area (Å²) in [6.07, 6.45) is 2.80. The van der Waals surface area contributed by atoms with Crippen molar-refractivity contribution in [2.75, 3.05) is 0 Å². The van der Waals surface area contributed by atoms with Crippen molar-refractivity contribution in [1.29, 1.82) is 0 Å². The SMILES string of the molecule is CCCC1CC=C(c2ccc(-c3cc(F)c(C(F)(F)F)c(F)c3)cc2)CC1. The summed E-state index contributed by atoms with van der Waals surface area (Å²) in [5.41, 5.74) is 1.01. The summed E-state index contributed by atoms with van der Waals surface area (Å²) < 4.78 is 65.7. The van der Waals surface area contributed by atoms with E-state index >= 15 is 0 Å². The molecule has 144 valence electrons. The van der Waals surface area contributed by atoms with Gasteiger partial charge in [0.2, 0.25) is 0 Å². The molecule has 0 radical (unpaired) electrons. The molecule has 0 aromatic heterocycles. The van der Waals surface area contributed by atoms with Crippen LogP contribution in [0.3, 0.4) is 0 Å². The van der Waals surface area contributed by atoms with Crippen LogP contribution >= 0.6 is 0 Å². The van der Waals surface area contributed by atoms with E-state index in [0.29, 0.717) is 5.56 Å². The van der Waals surface area contributed by atoms with Crippen molar-refractivity contribution in [1.82, 2.24) is 0 Å². The highest BCUT2D eigenvalue weighted by atomic mass is 19.4. The third-order valence-electron chi connectivity index (χ3n) is 5.13. The standard InChI is InChI=1S/C22H21F5/c1-2-3-14-4-6-15(7-5-14)16-8-10-17(11-9-16)18-12-19(23)21(20(24)13-18)22(25,26)27/h6,8-14H,2-5,7H2,1H3. The van der Waals surface area contributed by atoms with Gasteiger partial charge < -0.3 is 0 Å². The Labute approximate surface area is 155 Å². The van der Waals surface area contributed by atoms with E-state index in [1.165, 1.54) is 18.4 Å². The summed E-state index contributed by atoms with van der Waals surface area (Å²) in [7, 11) is 0. The number of hydrogen-bond acceptors (Lipinski definition) is 0. The highest BCUT2D eigenvalue weighted by Crippen LogP contribution is 2.37. The molecule has 0 nitrogen and oxygen atoms in total. The Kier molecular flexibility index (Phi) is 5.68. The van der Waals surface area contributed by atoms with Crippen LogP contribution in [-0.4, -0.2) is 0 Å². The highest BCUT2D eigenvalue weighted by Gasteiger charge is 2.37. The quantitative estimate of drug-likeness (QED) is 0.478. The topological polar surface area (TPSA) is 0 Å². The molecule has 1 atom stereocenters. The van der Waals surface area contributed by atoms with Crippen LogP contribution < -0.4 is 0 Å². The summed E-state index contributed by atoms with van der Waals surface area (Å²) >= 11 is 0. The Morgan fingerprint density at radius 1 is 0.926 bits per heavy atom. The molecule has 5 heteroatoms. The van der Waals surface area contributed by atoms with E-state index in [9.17, 15) is 22.0 Å². The monoisotopic (exact) mass is 380 g/mol. The summed E-state index contributed by atoms with van der Waals surface area (Å²) in [5, 5.41) is 0. The van der Waals surface area contributed by atoms with E-state index in [1.54, 1.807) is 12.1 Å². The van der Waals surface area contributed by atoms with E-state index < -0.39 is 23.4 Å². The van der Waals surface area contributed by atoms with Crippen LogP contribution in [0.4, 0.5) is 22.0 Å². The molecule has 1 aliphatic rings. The predicted octanol–water partition coefficient (Wildman–Crippen LogP) is 7.63. The number of benzene rings is 2. The molecule has 1 unspecified atom stereocenters. The minimum Gasteiger partial charge on any atom is -0.206 e. The van der Waals surface area contributed by atoms with E-state index in [1.807, 2.05) is 12.1 Å². The first-order valence-corrected chi connectivity index (χ1v) is 9.15. The highest BCUT2D eigenvalue weighted by molar-refractivity contribution is 5.71. The number of halogens is 5. The molecule has 0 N–H and O–H groups in total. The predicted molar refractivity (Wildman–Crippen MR) is 97.0 cm³/mol. The van der Waals surface area contributed by atoms with Crippen molar-refractivity contribution in [2.45, 2.75) is 45.2 Å². The van der Waals surface area contributed by atoms with Gasteiger partial charge in [0.1, 0.15) is 17.2 Å². The van der Waals surface area contributed by atoms with E-state index in [0.717, 1.165) is 42.9 Å². The molecule has 0 saturated heterocycles. The van der Waals surface area contributed by atoms with Gasteiger partial charge in [-0.2, -0.15) is 13.2 Å². The molecule has 0 saturated carbocycles. The number of alkyl halides is 3. The third kappa shape index (κ3) is 4.40. The van der Waals surface area contributed by atoms with Crippen molar-refractivity contribution in [3.05, 3.63) is 65.2 Å². The van der Waals surface area contributed by atoms with E-state index in [4.69, 9.17) is 0 Å². The van der Waals surface area contributed by atoms with Crippen LogP contribution in [0, 0.1) is 17.6 Å². The van der Waals surface area contributed by atoms with E-state index in [-0.39, 0.29) is 5.56 Å². The summed E-state index contributed by atoms with van der Waals surface area (Å²) in [5.74, 6) is -2.46. The van der Waals surface area contributed by atoms with Gasteiger partial charge in [0.25, 0.3) is 0 Å². The fourth-order valence-corrected chi connectivity index (χ4v) is 3.71. The Morgan fingerprint density at radius 2 is 1.52 bits per heavy atom. The minimum absolute atomic E-state index is 0.0881. The molecular weight excluding hydrogens is 359 g/mol. The second-order valence-corrected chi connectivity index (χ2v) is 7.05. The third-order valence-corrected chi connectivity index (χ3v) is 5.13. The first kappa shape index (κ1) is 19.6.